The maximum Gasteiger partial charge on any atom is 0.0746 e. The van der Waals surface area contributed by atoms with Crippen LogP contribution in [0.1, 0.15) is 59.8 Å². The van der Waals surface area contributed by atoms with E-state index in [1.165, 1.54) is 38.6 Å². The van der Waals surface area contributed by atoms with E-state index < -0.39 is 0 Å². The van der Waals surface area contributed by atoms with Crippen LogP contribution >= 0.6 is 0 Å². The van der Waals surface area contributed by atoms with E-state index in [9.17, 15) is 5.11 Å². The monoisotopic (exact) mass is 239 g/mol. The number of hydrogen-bond donors (Lipinski definition) is 1. The maximum atomic E-state index is 10.6. The molecule has 1 N–H and O–H groups in total. The van der Waals surface area contributed by atoms with Gasteiger partial charge in [-0.3, -0.25) is 4.90 Å². The quantitative estimate of drug-likeness (QED) is 0.815. The minimum absolute atomic E-state index is 0.0968. The predicted octanol–water partition coefficient (Wildman–Crippen LogP) is 3.05. The van der Waals surface area contributed by atoms with Gasteiger partial charge < -0.3 is 5.11 Å². The van der Waals surface area contributed by atoms with Crippen LogP contribution in [0, 0.1) is 11.3 Å². The molecule has 100 valence electrons. The van der Waals surface area contributed by atoms with Gasteiger partial charge in [-0.25, -0.2) is 0 Å². The molecular weight excluding hydrogens is 210 g/mol. The molecule has 2 unspecified atom stereocenters. The average Bonchev–Trinajstić information content (AvgIpc) is 3.02. The first kappa shape index (κ1) is 13.4. The molecule has 0 spiro atoms. The topological polar surface area (TPSA) is 23.5 Å². The normalized spacial score (nSPS) is 33.4. The first-order valence-electron chi connectivity index (χ1n) is 7.35. The van der Waals surface area contributed by atoms with Crippen molar-refractivity contribution in [1.29, 1.82) is 0 Å². The molecule has 2 heteroatoms. The summed E-state index contributed by atoms with van der Waals surface area (Å²) >= 11 is 0. The molecular formula is C15H29NO. The van der Waals surface area contributed by atoms with Crippen LogP contribution < -0.4 is 0 Å². The Labute approximate surface area is 106 Å². The van der Waals surface area contributed by atoms with Gasteiger partial charge in [0.2, 0.25) is 0 Å². The molecule has 0 heterocycles. The number of rotatable bonds is 4. The minimum atomic E-state index is -0.155. The van der Waals surface area contributed by atoms with Crippen LogP contribution in [-0.4, -0.2) is 34.7 Å². The minimum Gasteiger partial charge on any atom is -0.391 e. The third-order valence-corrected chi connectivity index (χ3v) is 4.74. The zero-order valence-corrected chi connectivity index (χ0v) is 11.9. The van der Waals surface area contributed by atoms with Crippen molar-refractivity contribution in [2.75, 3.05) is 6.54 Å². The van der Waals surface area contributed by atoms with Gasteiger partial charge in [0, 0.05) is 18.6 Å². The summed E-state index contributed by atoms with van der Waals surface area (Å²) in [6, 6.07) is 0.948. The Morgan fingerprint density at radius 1 is 1.24 bits per heavy atom. The molecule has 0 aromatic rings. The van der Waals surface area contributed by atoms with Gasteiger partial charge in [0.1, 0.15) is 0 Å². The second-order valence-electron chi connectivity index (χ2n) is 7.13. The Hall–Kier alpha value is -0.0800. The lowest BCUT2D eigenvalue weighted by Gasteiger charge is -2.47. The molecule has 2 nitrogen and oxygen atoms in total. The lowest BCUT2D eigenvalue weighted by Crippen LogP contribution is -2.55. The third-order valence-electron chi connectivity index (χ3n) is 4.74. The highest BCUT2D eigenvalue weighted by Crippen LogP contribution is 2.40. The predicted molar refractivity (Wildman–Crippen MR) is 72.0 cm³/mol. The van der Waals surface area contributed by atoms with E-state index in [1.54, 1.807) is 0 Å². The zero-order chi connectivity index (χ0) is 12.6. The van der Waals surface area contributed by atoms with E-state index in [4.69, 9.17) is 0 Å². The molecule has 0 aliphatic heterocycles. The molecule has 0 amide bonds. The van der Waals surface area contributed by atoms with E-state index in [2.05, 4.69) is 32.6 Å². The van der Waals surface area contributed by atoms with Crippen LogP contribution in [0.25, 0.3) is 0 Å². The zero-order valence-electron chi connectivity index (χ0n) is 11.9. The number of aliphatic hydroxyl groups is 1. The van der Waals surface area contributed by atoms with Crippen LogP contribution in [0.2, 0.25) is 0 Å². The van der Waals surface area contributed by atoms with Crippen molar-refractivity contribution >= 4 is 0 Å². The Morgan fingerprint density at radius 2 is 1.88 bits per heavy atom. The summed E-state index contributed by atoms with van der Waals surface area (Å²) < 4.78 is 0. The van der Waals surface area contributed by atoms with Crippen molar-refractivity contribution in [3.8, 4) is 0 Å². The smallest absolute Gasteiger partial charge is 0.0746 e. The second kappa shape index (κ2) is 4.89. The molecule has 0 bridgehead atoms. The average molecular weight is 239 g/mol. The van der Waals surface area contributed by atoms with E-state index in [1.807, 2.05) is 0 Å². The van der Waals surface area contributed by atoms with Crippen molar-refractivity contribution in [3.63, 3.8) is 0 Å². The Kier molecular flexibility index (Phi) is 3.84. The molecule has 17 heavy (non-hydrogen) atoms. The van der Waals surface area contributed by atoms with Crippen LogP contribution in [-0.2, 0) is 0 Å². The van der Waals surface area contributed by atoms with Crippen molar-refractivity contribution in [2.24, 2.45) is 11.3 Å². The van der Waals surface area contributed by atoms with Gasteiger partial charge >= 0.3 is 0 Å². The van der Waals surface area contributed by atoms with E-state index in [0.717, 1.165) is 5.92 Å². The van der Waals surface area contributed by atoms with Gasteiger partial charge in [0.25, 0.3) is 0 Å². The SMILES string of the molecule is CC(C)N(CC1CC1)C1CCCC(C)(C)C1O. The van der Waals surface area contributed by atoms with Crippen LogP contribution in [0.4, 0.5) is 0 Å². The van der Waals surface area contributed by atoms with Gasteiger partial charge in [-0.05, 0) is 50.9 Å². The summed E-state index contributed by atoms with van der Waals surface area (Å²) in [5, 5.41) is 10.6. The van der Waals surface area contributed by atoms with Crippen molar-refractivity contribution in [3.05, 3.63) is 0 Å². The molecule has 0 saturated heterocycles. The standard InChI is InChI=1S/C15H29NO/c1-11(2)16(10-12-7-8-12)13-6-5-9-15(3,4)14(13)17/h11-14,17H,5-10H2,1-4H3. The molecule has 2 rings (SSSR count). The van der Waals surface area contributed by atoms with Crippen molar-refractivity contribution in [1.82, 2.24) is 4.90 Å². The summed E-state index contributed by atoms with van der Waals surface area (Å²) in [7, 11) is 0. The van der Waals surface area contributed by atoms with Crippen LogP contribution in [0.15, 0.2) is 0 Å². The lowest BCUT2D eigenvalue weighted by atomic mass is 9.72. The van der Waals surface area contributed by atoms with E-state index in [0.29, 0.717) is 12.1 Å². The molecule has 2 saturated carbocycles. The molecule has 2 aliphatic rings. The number of aliphatic hydroxyl groups excluding tert-OH is 1. The first-order valence-corrected chi connectivity index (χ1v) is 7.35. The largest absolute Gasteiger partial charge is 0.391 e. The first-order chi connectivity index (χ1) is 7.92. The molecule has 0 aromatic carbocycles. The summed E-state index contributed by atoms with van der Waals surface area (Å²) in [4.78, 5) is 2.57. The lowest BCUT2D eigenvalue weighted by molar-refractivity contribution is -0.0669. The third kappa shape index (κ3) is 3.03. The highest BCUT2D eigenvalue weighted by molar-refractivity contribution is 4.95. The summed E-state index contributed by atoms with van der Waals surface area (Å²) in [5.41, 5.74) is 0.0968. The fourth-order valence-electron chi connectivity index (χ4n) is 3.27. The molecule has 0 aromatic heterocycles. The second-order valence-corrected chi connectivity index (χ2v) is 7.13. The Morgan fingerprint density at radius 3 is 2.41 bits per heavy atom. The molecule has 2 atom stereocenters. The highest BCUT2D eigenvalue weighted by Gasteiger charge is 2.42. The van der Waals surface area contributed by atoms with E-state index in [-0.39, 0.29) is 11.5 Å². The molecule has 2 fully saturated rings. The summed E-state index contributed by atoms with van der Waals surface area (Å²) in [6.45, 7) is 10.2. The van der Waals surface area contributed by atoms with Gasteiger partial charge in [0.15, 0.2) is 0 Å². The summed E-state index contributed by atoms with van der Waals surface area (Å²) in [6.07, 6.45) is 6.25. The van der Waals surface area contributed by atoms with Crippen LogP contribution in [0.3, 0.4) is 0 Å². The fourth-order valence-corrected chi connectivity index (χ4v) is 3.27. The van der Waals surface area contributed by atoms with Gasteiger partial charge in [-0.2, -0.15) is 0 Å². The van der Waals surface area contributed by atoms with Crippen LogP contribution in [0.5, 0.6) is 0 Å². The van der Waals surface area contributed by atoms with Gasteiger partial charge in [0.05, 0.1) is 6.10 Å². The maximum absolute atomic E-state index is 10.6. The number of nitrogens with zero attached hydrogens (tertiary/aromatic N) is 1. The highest BCUT2D eigenvalue weighted by atomic mass is 16.3. The molecule has 0 radical (unpaired) electrons. The van der Waals surface area contributed by atoms with Crippen molar-refractivity contribution < 1.29 is 5.11 Å². The summed E-state index contributed by atoms with van der Waals surface area (Å²) in [5.74, 6) is 0.912. The van der Waals surface area contributed by atoms with Gasteiger partial charge in [-0.1, -0.05) is 20.3 Å². The van der Waals surface area contributed by atoms with E-state index >= 15 is 0 Å². The Bertz CT molecular complexity index is 258. The fraction of sp³-hybridized carbons (Fsp3) is 1.00. The number of hydrogen-bond acceptors (Lipinski definition) is 2. The molecule has 2 aliphatic carbocycles. The Balaban J connectivity index is 2.05. The van der Waals surface area contributed by atoms with Gasteiger partial charge in [-0.15, -0.1) is 0 Å². The van der Waals surface area contributed by atoms with Crippen molar-refractivity contribution in [2.45, 2.75) is 78.0 Å².